The number of hydrogen-bond acceptors (Lipinski definition) is 1. The second-order valence-electron chi connectivity index (χ2n) is 5.50. The molecular formula is C19H21NO. The fraction of sp³-hybridized carbons (Fsp3) is 0.263. The molecule has 0 saturated heterocycles. The van der Waals surface area contributed by atoms with Crippen molar-refractivity contribution in [2.24, 2.45) is 0 Å². The van der Waals surface area contributed by atoms with Crippen LogP contribution in [0.5, 0.6) is 5.75 Å². The summed E-state index contributed by atoms with van der Waals surface area (Å²) in [6.07, 6.45) is 3.65. The number of phenolic OH excluding ortho intramolecular Hbond substituents is 1. The number of aromatic nitrogens is 1. The lowest BCUT2D eigenvalue weighted by Crippen LogP contribution is -2.00. The first-order valence-corrected chi connectivity index (χ1v) is 7.67. The predicted octanol–water partition coefficient (Wildman–Crippen LogP) is 5.20. The van der Waals surface area contributed by atoms with E-state index in [9.17, 15) is 5.11 Å². The zero-order valence-electron chi connectivity index (χ0n) is 12.4. The average molecular weight is 279 g/mol. The van der Waals surface area contributed by atoms with Gasteiger partial charge in [-0.05, 0) is 30.7 Å². The van der Waals surface area contributed by atoms with E-state index in [1.165, 1.54) is 35.9 Å². The van der Waals surface area contributed by atoms with Crippen LogP contribution >= 0.6 is 0 Å². The van der Waals surface area contributed by atoms with Gasteiger partial charge in [-0.3, -0.25) is 0 Å². The highest BCUT2D eigenvalue weighted by atomic mass is 16.3. The van der Waals surface area contributed by atoms with Crippen LogP contribution in [0.15, 0.2) is 54.6 Å². The van der Waals surface area contributed by atoms with Crippen LogP contribution in [0, 0.1) is 0 Å². The van der Waals surface area contributed by atoms with Crippen LogP contribution in [0.3, 0.4) is 0 Å². The molecule has 0 unspecified atom stereocenters. The third-order valence-electron chi connectivity index (χ3n) is 3.94. The molecule has 1 N–H and O–H groups in total. The van der Waals surface area contributed by atoms with Gasteiger partial charge in [0.25, 0.3) is 0 Å². The zero-order valence-corrected chi connectivity index (χ0v) is 12.4. The van der Waals surface area contributed by atoms with Crippen LogP contribution < -0.4 is 0 Å². The number of fused-ring (bicyclic) bond motifs is 1. The molecule has 2 heteroatoms. The number of aryl methyl sites for hydroxylation is 1. The number of nitrogens with zero attached hydrogens (tertiary/aromatic N) is 1. The van der Waals surface area contributed by atoms with E-state index in [1.54, 1.807) is 6.07 Å². The number of phenols is 1. The SMILES string of the molecule is CCCCCn1c(-c2cccc(O)c2)cc2ccccc21. The van der Waals surface area contributed by atoms with E-state index in [0.717, 1.165) is 12.1 Å². The van der Waals surface area contributed by atoms with Gasteiger partial charge in [0.1, 0.15) is 5.75 Å². The maximum Gasteiger partial charge on any atom is 0.116 e. The van der Waals surface area contributed by atoms with Crippen LogP contribution in [0.25, 0.3) is 22.2 Å². The number of rotatable bonds is 5. The van der Waals surface area contributed by atoms with E-state index < -0.39 is 0 Å². The molecule has 0 bridgehead atoms. The Bertz CT molecular complexity index is 742. The molecule has 3 rings (SSSR count). The van der Waals surface area contributed by atoms with Gasteiger partial charge in [0, 0.05) is 28.7 Å². The van der Waals surface area contributed by atoms with E-state index in [4.69, 9.17) is 0 Å². The van der Waals surface area contributed by atoms with Crippen LogP contribution in [-0.2, 0) is 6.54 Å². The highest BCUT2D eigenvalue weighted by molar-refractivity contribution is 5.87. The fourth-order valence-corrected chi connectivity index (χ4v) is 2.88. The van der Waals surface area contributed by atoms with E-state index in [-0.39, 0.29) is 0 Å². The van der Waals surface area contributed by atoms with Crippen molar-refractivity contribution in [3.63, 3.8) is 0 Å². The van der Waals surface area contributed by atoms with Gasteiger partial charge in [0.05, 0.1) is 0 Å². The molecule has 0 aliphatic carbocycles. The number of unbranched alkanes of at least 4 members (excludes halogenated alkanes) is 2. The summed E-state index contributed by atoms with van der Waals surface area (Å²) in [4.78, 5) is 0. The second kappa shape index (κ2) is 6.04. The van der Waals surface area contributed by atoms with Gasteiger partial charge in [-0.1, -0.05) is 50.1 Å². The van der Waals surface area contributed by atoms with Crippen molar-refractivity contribution >= 4 is 10.9 Å². The second-order valence-corrected chi connectivity index (χ2v) is 5.50. The highest BCUT2D eigenvalue weighted by Gasteiger charge is 2.10. The van der Waals surface area contributed by atoms with E-state index in [0.29, 0.717) is 5.75 Å². The topological polar surface area (TPSA) is 25.2 Å². The van der Waals surface area contributed by atoms with Crippen molar-refractivity contribution in [3.05, 3.63) is 54.6 Å². The van der Waals surface area contributed by atoms with Gasteiger partial charge in [-0.15, -0.1) is 0 Å². The Morgan fingerprint density at radius 1 is 0.952 bits per heavy atom. The Kier molecular flexibility index (Phi) is 3.96. The van der Waals surface area contributed by atoms with Crippen molar-refractivity contribution in [1.29, 1.82) is 0 Å². The van der Waals surface area contributed by atoms with Crippen molar-refractivity contribution in [2.45, 2.75) is 32.7 Å². The minimum absolute atomic E-state index is 0.317. The molecule has 1 heterocycles. The molecular weight excluding hydrogens is 258 g/mol. The molecule has 2 nitrogen and oxygen atoms in total. The minimum atomic E-state index is 0.317. The van der Waals surface area contributed by atoms with Crippen molar-refractivity contribution < 1.29 is 5.11 Å². The molecule has 0 radical (unpaired) electrons. The molecule has 3 aromatic rings. The monoisotopic (exact) mass is 279 g/mol. The number of aromatic hydroxyl groups is 1. The summed E-state index contributed by atoms with van der Waals surface area (Å²) in [5.74, 6) is 0.317. The molecule has 1 aromatic heterocycles. The standard InChI is InChI=1S/C19H21NO/c1-2-3-6-12-20-18-11-5-4-8-16(18)14-19(20)15-9-7-10-17(21)13-15/h4-5,7-11,13-14,21H,2-3,6,12H2,1H3. The molecule has 0 aliphatic rings. The van der Waals surface area contributed by atoms with Gasteiger partial charge in [-0.2, -0.15) is 0 Å². The summed E-state index contributed by atoms with van der Waals surface area (Å²) in [5.41, 5.74) is 3.53. The normalized spacial score (nSPS) is 11.1. The third kappa shape index (κ3) is 2.80. The molecule has 0 saturated carbocycles. The molecule has 0 aliphatic heterocycles. The van der Waals surface area contributed by atoms with E-state index in [2.05, 4.69) is 47.9 Å². The van der Waals surface area contributed by atoms with Gasteiger partial charge in [0.15, 0.2) is 0 Å². The summed E-state index contributed by atoms with van der Waals surface area (Å²) in [6.45, 7) is 3.25. The smallest absolute Gasteiger partial charge is 0.116 e. The first-order chi connectivity index (χ1) is 10.3. The van der Waals surface area contributed by atoms with Gasteiger partial charge < -0.3 is 9.67 Å². The van der Waals surface area contributed by atoms with Crippen LogP contribution in [0.4, 0.5) is 0 Å². The summed E-state index contributed by atoms with van der Waals surface area (Å²) in [7, 11) is 0. The van der Waals surface area contributed by atoms with Crippen molar-refractivity contribution in [1.82, 2.24) is 4.57 Å². The van der Waals surface area contributed by atoms with E-state index >= 15 is 0 Å². The Balaban J connectivity index is 2.09. The molecule has 0 fully saturated rings. The van der Waals surface area contributed by atoms with Crippen molar-refractivity contribution in [2.75, 3.05) is 0 Å². The van der Waals surface area contributed by atoms with Crippen LogP contribution in [0.2, 0.25) is 0 Å². The predicted molar refractivity (Wildman–Crippen MR) is 88.6 cm³/mol. The summed E-state index contributed by atoms with van der Waals surface area (Å²) >= 11 is 0. The molecule has 0 atom stereocenters. The highest BCUT2D eigenvalue weighted by Crippen LogP contribution is 2.30. The lowest BCUT2D eigenvalue weighted by Gasteiger charge is -2.11. The zero-order chi connectivity index (χ0) is 14.7. The Labute approximate surface area is 125 Å². The first kappa shape index (κ1) is 13.7. The lowest BCUT2D eigenvalue weighted by atomic mass is 10.1. The molecule has 0 amide bonds. The third-order valence-corrected chi connectivity index (χ3v) is 3.94. The Morgan fingerprint density at radius 3 is 2.62 bits per heavy atom. The fourth-order valence-electron chi connectivity index (χ4n) is 2.88. The molecule has 2 aromatic carbocycles. The van der Waals surface area contributed by atoms with Crippen LogP contribution in [0.1, 0.15) is 26.2 Å². The maximum absolute atomic E-state index is 9.75. The number of para-hydroxylation sites is 1. The Morgan fingerprint density at radius 2 is 1.81 bits per heavy atom. The van der Waals surface area contributed by atoms with Gasteiger partial charge >= 0.3 is 0 Å². The largest absolute Gasteiger partial charge is 0.508 e. The summed E-state index contributed by atoms with van der Waals surface area (Å²) in [5, 5.41) is 11.0. The molecule has 21 heavy (non-hydrogen) atoms. The average Bonchev–Trinajstić information content (AvgIpc) is 2.87. The van der Waals surface area contributed by atoms with E-state index in [1.807, 2.05) is 12.1 Å². The lowest BCUT2D eigenvalue weighted by molar-refractivity contribution is 0.475. The maximum atomic E-state index is 9.75. The Hall–Kier alpha value is -2.22. The van der Waals surface area contributed by atoms with Crippen LogP contribution in [-0.4, -0.2) is 9.67 Å². The first-order valence-electron chi connectivity index (χ1n) is 7.67. The molecule has 108 valence electrons. The summed E-state index contributed by atoms with van der Waals surface area (Å²) < 4.78 is 2.37. The number of hydrogen-bond donors (Lipinski definition) is 1. The number of benzene rings is 2. The molecule has 0 spiro atoms. The van der Waals surface area contributed by atoms with Gasteiger partial charge in [0.2, 0.25) is 0 Å². The quantitative estimate of drug-likeness (QED) is 0.638. The van der Waals surface area contributed by atoms with Gasteiger partial charge in [-0.25, -0.2) is 0 Å². The minimum Gasteiger partial charge on any atom is -0.508 e. The van der Waals surface area contributed by atoms with Crippen molar-refractivity contribution in [3.8, 4) is 17.0 Å². The summed E-state index contributed by atoms with van der Waals surface area (Å²) in [6, 6.07) is 18.2.